The highest BCUT2D eigenvalue weighted by molar-refractivity contribution is 5.73. The molecule has 1 unspecified atom stereocenters. The fourth-order valence-electron chi connectivity index (χ4n) is 0.285. The van der Waals surface area contributed by atoms with Gasteiger partial charge in [0.25, 0.3) is 0 Å². The maximum absolute atomic E-state index is 10.0. The largest absolute Gasteiger partial charge is 0.480 e. The van der Waals surface area contributed by atoms with Crippen LogP contribution in [0.1, 0.15) is 13.8 Å². The molecule has 0 aliphatic carbocycles. The third kappa shape index (κ3) is 1.93. The van der Waals surface area contributed by atoms with E-state index in [1.807, 2.05) is 0 Å². The molecule has 0 heterocycles. The molecule has 0 aliphatic heterocycles. The average molecular weight is 116 g/mol. The van der Waals surface area contributed by atoms with Crippen molar-refractivity contribution in [1.82, 2.24) is 0 Å². The van der Waals surface area contributed by atoms with E-state index in [-0.39, 0.29) is 5.92 Å². The predicted molar refractivity (Wildman–Crippen MR) is 30.4 cm³/mol. The van der Waals surface area contributed by atoms with Gasteiger partial charge in [0.05, 0.1) is 0 Å². The molecule has 8 heavy (non-hydrogen) atoms. The maximum Gasteiger partial charge on any atom is 0.320 e. The van der Waals surface area contributed by atoms with E-state index >= 15 is 0 Å². The molecule has 0 aliphatic rings. The van der Waals surface area contributed by atoms with Crippen LogP contribution in [0.4, 0.5) is 0 Å². The first kappa shape index (κ1) is 7.43. The van der Waals surface area contributed by atoms with E-state index in [4.69, 9.17) is 10.8 Å². The molecular weight excluding hydrogens is 105 g/mol. The molecule has 3 nitrogen and oxygen atoms in total. The number of aliphatic carboxylic acids is 1. The Morgan fingerprint density at radius 2 is 2.00 bits per heavy atom. The summed E-state index contributed by atoms with van der Waals surface area (Å²) in [6.45, 7) is 3.55. The Hall–Kier alpha value is -0.570. The third-order valence-electron chi connectivity index (χ3n) is 1.00. The predicted octanol–water partition coefficient (Wildman–Crippen LogP) is 0.0543. The number of rotatable bonds is 2. The molecule has 0 aromatic carbocycles. The molecule has 0 fully saturated rings. The van der Waals surface area contributed by atoms with Crippen LogP contribution < -0.4 is 5.73 Å². The number of carboxylic acid groups (broad SMARTS) is 1. The second-order valence-corrected chi connectivity index (χ2v) is 2.11. The Morgan fingerprint density at radius 3 is 2.00 bits per heavy atom. The molecule has 0 radical (unpaired) electrons. The van der Waals surface area contributed by atoms with Gasteiger partial charge in [-0.25, -0.2) is 0 Å². The lowest BCUT2D eigenvalue weighted by Crippen LogP contribution is -2.34. The van der Waals surface area contributed by atoms with Crippen molar-refractivity contribution >= 4 is 5.97 Å². The monoisotopic (exact) mass is 116 g/mol. The zero-order chi connectivity index (χ0) is 6.73. The Labute approximate surface area is 48.5 Å². The molecule has 0 bridgehead atoms. The van der Waals surface area contributed by atoms with E-state index in [0.29, 0.717) is 0 Å². The average Bonchev–Trinajstić information content (AvgIpc) is 1.64. The van der Waals surface area contributed by atoms with E-state index in [1.165, 1.54) is 0 Å². The highest BCUT2D eigenvalue weighted by Gasteiger charge is 2.14. The van der Waals surface area contributed by atoms with Crippen LogP contribution >= 0.6 is 0 Å². The standard InChI is InChI=1S/C5H11NO2/c1-3(2)4(6)5(7)8/h3-4H,6H2,1-2H3,(H,7,8)/i6-1. The van der Waals surface area contributed by atoms with Crippen LogP contribution in [0.25, 0.3) is 0 Å². The number of carboxylic acids is 1. The molecule has 0 spiro atoms. The summed E-state index contributed by atoms with van der Waals surface area (Å²) >= 11 is 0. The Bertz CT molecular complexity index is 90.4. The van der Waals surface area contributed by atoms with Gasteiger partial charge in [-0.1, -0.05) is 13.8 Å². The smallest absolute Gasteiger partial charge is 0.320 e. The van der Waals surface area contributed by atoms with Gasteiger partial charge in [0, 0.05) is 0 Å². The minimum Gasteiger partial charge on any atom is -0.480 e. The van der Waals surface area contributed by atoms with Gasteiger partial charge >= 0.3 is 5.97 Å². The van der Waals surface area contributed by atoms with Gasteiger partial charge in [0.1, 0.15) is 6.04 Å². The van der Waals surface area contributed by atoms with Gasteiger partial charge in [0.15, 0.2) is 0 Å². The van der Waals surface area contributed by atoms with Crippen LogP contribution in [-0.4, -0.2) is 17.1 Å². The molecular formula is C5H11NO2. The summed E-state index contributed by atoms with van der Waals surface area (Å²) in [5.74, 6) is -0.910. The van der Waals surface area contributed by atoms with E-state index in [9.17, 15) is 4.79 Å². The summed E-state index contributed by atoms with van der Waals surface area (Å²) in [5, 5.41) is 8.23. The summed E-state index contributed by atoms with van der Waals surface area (Å²) < 4.78 is 0. The van der Waals surface area contributed by atoms with Crippen molar-refractivity contribution in [1.29, 1.82) is 0 Å². The van der Waals surface area contributed by atoms with Crippen molar-refractivity contribution < 1.29 is 9.90 Å². The maximum atomic E-state index is 10.0. The van der Waals surface area contributed by atoms with Gasteiger partial charge in [-0.15, -0.1) is 0 Å². The Morgan fingerprint density at radius 1 is 1.62 bits per heavy atom. The fraction of sp³-hybridized carbons (Fsp3) is 0.800. The number of nitrogens with two attached hydrogens (primary N) is 1. The first-order chi connectivity index (χ1) is 3.55. The normalized spacial score (nSPS) is 14.0. The van der Waals surface area contributed by atoms with Gasteiger partial charge in [-0.3, -0.25) is 4.79 Å². The number of hydrogen-bond acceptors (Lipinski definition) is 2. The topological polar surface area (TPSA) is 63.3 Å². The van der Waals surface area contributed by atoms with Crippen LogP contribution in [0.15, 0.2) is 0 Å². The molecule has 3 heteroatoms. The first-order valence-electron chi connectivity index (χ1n) is 2.54. The number of carbonyl (C=O) groups is 1. The molecule has 48 valence electrons. The van der Waals surface area contributed by atoms with Crippen molar-refractivity contribution in [2.75, 3.05) is 0 Å². The van der Waals surface area contributed by atoms with E-state index in [0.717, 1.165) is 0 Å². The summed E-state index contributed by atoms with van der Waals surface area (Å²) in [6, 6.07) is -0.713. The molecule has 0 amide bonds. The van der Waals surface area contributed by atoms with Gasteiger partial charge in [0.2, 0.25) is 0 Å². The van der Waals surface area contributed by atoms with Gasteiger partial charge in [-0.2, -0.15) is 0 Å². The molecule has 0 aromatic rings. The van der Waals surface area contributed by atoms with E-state index < -0.39 is 12.0 Å². The third-order valence-corrected chi connectivity index (χ3v) is 1.00. The highest BCUT2D eigenvalue weighted by atomic mass is 16.4. The minimum atomic E-state index is -0.931. The van der Waals surface area contributed by atoms with Crippen molar-refractivity contribution in [3.63, 3.8) is 0 Å². The quantitative estimate of drug-likeness (QED) is 0.536. The molecule has 0 rings (SSSR count). The van der Waals surface area contributed by atoms with Crippen LogP contribution in [0, 0.1) is 5.92 Å². The zero-order valence-corrected chi connectivity index (χ0v) is 5.09. The van der Waals surface area contributed by atoms with E-state index in [2.05, 4.69) is 0 Å². The van der Waals surface area contributed by atoms with Crippen LogP contribution in [0.5, 0.6) is 0 Å². The van der Waals surface area contributed by atoms with Crippen molar-refractivity contribution in [3.05, 3.63) is 0 Å². The molecule has 3 N–H and O–H groups in total. The first-order valence-corrected chi connectivity index (χ1v) is 2.54. The molecule has 0 saturated heterocycles. The van der Waals surface area contributed by atoms with Crippen LogP contribution in [-0.2, 0) is 4.79 Å². The van der Waals surface area contributed by atoms with Gasteiger partial charge in [-0.05, 0) is 5.92 Å². The fourth-order valence-corrected chi connectivity index (χ4v) is 0.285. The van der Waals surface area contributed by atoms with Crippen molar-refractivity contribution in [2.45, 2.75) is 19.9 Å². The zero-order valence-electron chi connectivity index (χ0n) is 5.09. The minimum absolute atomic E-state index is 0.0208. The van der Waals surface area contributed by atoms with Crippen molar-refractivity contribution in [3.8, 4) is 0 Å². The highest BCUT2D eigenvalue weighted by Crippen LogP contribution is 1.96. The van der Waals surface area contributed by atoms with Crippen molar-refractivity contribution in [2.24, 2.45) is 11.7 Å². The van der Waals surface area contributed by atoms with E-state index in [1.54, 1.807) is 13.8 Å². The lowest BCUT2D eigenvalue weighted by Gasteiger charge is -2.07. The summed E-state index contributed by atoms with van der Waals surface area (Å²) in [5.41, 5.74) is 5.16. The van der Waals surface area contributed by atoms with Crippen LogP contribution in [0.3, 0.4) is 0 Å². The molecule has 0 aromatic heterocycles. The molecule has 0 saturated carbocycles. The lowest BCUT2D eigenvalue weighted by atomic mass is 10.0. The summed E-state index contributed by atoms with van der Waals surface area (Å²) in [4.78, 5) is 10.0. The summed E-state index contributed by atoms with van der Waals surface area (Å²) in [7, 11) is 0. The summed E-state index contributed by atoms with van der Waals surface area (Å²) in [6.07, 6.45) is 0. The van der Waals surface area contributed by atoms with Crippen LogP contribution in [0.2, 0.25) is 0 Å². The Balaban J connectivity index is 3.64. The SMILES string of the molecule is CC(C)C([13NH2])C(=O)O. The second-order valence-electron chi connectivity index (χ2n) is 2.11. The molecule has 1 atom stereocenters. The Kier molecular flexibility index (Phi) is 2.48. The second kappa shape index (κ2) is 2.67. The number of hydrogen-bond donors (Lipinski definition) is 2. The van der Waals surface area contributed by atoms with Gasteiger partial charge < -0.3 is 10.8 Å². The lowest BCUT2D eigenvalue weighted by molar-refractivity contribution is -0.139.